The molecule has 4 nitrogen and oxygen atoms in total. The number of nitrogens with zero attached hydrogens (tertiary/aromatic N) is 4. The standard InChI is InChI=1S/C40H26N4/c1-2-11-32(12-3-1)43-36-16-8-6-14-34(36)42-40(43)30-24-20-28(21-25-30)27-18-22-29(23-19-27)39-38-26-31-10-4-7-15-35(31)44(38)37-17-9-5-13-33(37)41-39/h1-26H. The molecule has 0 aliphatic heterocycles. The minimum absolute atomic E-state index is 0.935. The largest absolute Gasteiger partial charge is 0.306 e. The third-order valence-corrected chi connectivity index (χ3v) is 8.52. The van der Waals surface area contributed by atoms with Gasteiger partial charge in [-0.3, -0.25) is 4.57 Å². The SMILES string of the molecule is c1ccc(-n2c(-c3ccc(-c4ccc(-c5nc6ccccc6n6c5cc5ccccc56)cc4)cc3)nc3ccccc32)cc1. The number of benzene rings is 6. The van der Waals surface area contributed by atoms with E-state index in [1.807, 2.05) is 12.1 Å². The van der Waals surface area contributed by atoms with Gasteiger partial charge in [0.25, 0.3) is 0 Å². The van der Waals surface area contributed by atoms with Crippen LogP contribution >= 0.6 is 0 Å². The zero-order valence-electron chi connectivity index (χ0n) is 23.8. The number of hydrogen-bond donors (Lipinski definition) is 0. The lowest BCUT2D eigenvalue weighted by molar-refractivity contribution is 1.10. The Labute approximate surface area is 254 Å². The molecular formula is C40H26N4. The maximum absolute atomic E-state index is 5.14. The lowest BCUT2D eigenvalue weighted by Crippen LogP contribution is -1.97. The van der Waals surface area contributed by atoms with Crippen molar-refractivity contribution in [2.45, 2.75) is 0 Å². The fraction of sp³-hybridized carbons (Fsp3) is 0. The van der Waals surface area contributed by atoms with Gasteiger partial charge in [0.15, 0.2) is 0 Å². The van der Waals surface area contributed by atoms with Crippen molar-refractivity contribution in [1.29, 1.82) is 0 Å². The number of rotatable bonds is 4. The van der Waals surface area contributed by atoms with Gasteiger partial charge in [-0.05, 0) is 59.7 Å². The fourth-order valence-corrected chi connectivity index (χ4v) is 6.42. The van der Waals surface area contributed by atoms with Crippen molar-refractivity contribution in [3.8, 4) is 39.5 Å². The zero-order valence-corrected chi connectivity index (χ0v) is 23.8. The Kier molecular flexibility index (Phi) is 5.47. The number of fused-ring (bicyclic) bond motifs is 6. The first-order valence-corrected chi connectivity index (χ1v) is 14.8. The van der Waals surface area contributed by atoms with Gasteiger partial charge >= 0.3 is 0 Å². The Morgan fingerprint density at radius 1 is 0.386 bits per heavy atom. The zero-order chi connectivity index (χ0) is 29.0. The molecule has 0 fully saturated rings. The van der Waals surface area contributed by atoms with E-state index in [0.29, 0.717) is 0 Å². The molecule has 3 aromatic heterocycles. The van der Waals surface area contributed by atoms with Crippen molar-refractivity contribution in [2.24, 2.45) is 0 Å². The molecule has 0 aliphatic carbocycles. The van der Waals surface area contributed by atoms with Gasteiger partial charge in [0.1, 0.15) is 5.82 Å². The van der Waals surface area contributed by atoms with Crippen LogP contribution in [0.2, 0.25) is 0 Å². The van der Waals surface area contributed by atoms with E-state index in [9.17, 15) is 0 Å². The summed E-state index contributed by atoms with van der Waals surface area (Å²) in [6, 6.07) is 55.4. The molecule has 9 rings (SSSR count). The topological polar surface area (TPSA) is 35.1 Å². The van der Waals surface area contributed by atoms with E-state index < -0.39 is 0 Å². The predicted molar refractivity (Wildman–Crippen MR) is 181 cm³/mol. The summed E-state index contributed by atoms with van der Waals surface area (Å²) in [5, 5.41) is 1.21. The van der Waals surface area contributed by atoms with E-state index >= 15 is 0 Å². The minimum atomic E-state index is 0.935. The van der Waals surface area contributed by atoms with E-state index in [1.165, 1.54) is 10.9 Å². The highest BCUT2D eigenvalue weighted by Gasteiger charge is 2.16. The van der Waals surface area contributed by atoms with Crippen LogP contribution in [0.25, 0.3) is 77.9 Å². The van der Waals surface area contributed by atoms with Crippen LogP contribution in [0.15, 0.2) is 158 Å². The molecule has 0 amide bonds. The third kappa shape index (κ3) is 3.85. The Morgan fingerprint density at radius 3 is 1.66 bits per heavy atom. The monoisotopic (exact) mass is 562 g/mol. The molecule has 0 bridgehead atoms. The van der Waals surface area contributed by atoms with Gasteiger partial charge in [-0.25, -0.2) is 9.97 Å². The van der Waals surface area contributed by atoms with Crippen LogP contribution in [0.3, 0.4) is 0 Å². The minimum Gasteiger partial charge on any atom is -0.306 e. The number of imidazole rings is 1. The molecule has 206 valence electrons. The molecule has 0 spiro atoms. The van der Waals surface area contributed by atoms with Gasteiger partial charge in [0, 0.05) is 22.2 Å². The van der Waals surface area contributed by atoms with Crippen LogP contribution in [0.1, 0.15) is 0 Å². The van der Waals surface area contributed by atoms with Crippen LogP contribution < -0.4 is 0 Å². The summed E-state index contributed by atoms with van der Waals surface area (Å²) in [5.74, 6) is 0.935. The Bertz CT molecular complexity index is 2470. The van der Waals surface area contributed by atoms with Crippen molar-refractivity contribution in [1.82, 2.24) is 18.9 Å². The lowest BCUT2D eigenvalue weighted by Gasteiger charge is -2.11. The normalized spacial score (nSPS) is 11.6. The van der Waals surface area contributed by atoms with Crippen molar-refractivity contribution >= 4 is 38.5 Å². The van der Waals surface area contributed by atoms with Gasteiger partial charge in [-0.2, -0.15) is 0 Å². The first-order valence-electron chi connectivity index (χ1n) is 14.8. The summed E-state index contributed by atoms with van der Waals surface area (Å²) in [6.07, 6.45) is 0. The first-order chi connectivity index (χ1) is 21.8. The van der Waals surface area contributed by atoms with Crippen LogP contribution in [0.4, 0.5) is 0 Å². The lowest BCUT2D eigenvalue weighted by atomic mass is 10.0. The van der Waals surface area contributed by atoms with Crippen LogP contribution in [0.5, 0.6) is 0 Å². The Morgan fingerprint density at radius 2 is 0.932 bits per heavy atom. The molecule has 0 atom stereocenters. The summed E-state index contributed by atoms with van der Waals surface area (Å²) in [6.45, 7) is 0. The summed E-state index contributed by atoms with van der Waals surface area (Å²) < 4.78 is 4.57. The van der Waals surface area contributed by atoms with Crippen molar-refractivity contribution in [2.75, 3.05) is 0 Å². The highest BCUT2D eigenvalue weighted by molar-refractivity contribution is 5.98. The Hall–Kier alpha value is -6.00. The van der Waals surface area contributed by atoms with Gasteiger partial charge in [0.2, 0.25) is 0 Å². The molecule has 3 heterocycles. The van der Waals surface area contributed by atoms with Crippen LogP contribution in [0, 0.1) is 0 Å². The average molecular weight is 563 g/mol. The van der Waals surface area contributed by atoms with Crippen molar-refractivity contribution in [3.63, 3.8) is 0 Å². The maximum Gasteiger partial charge on any atom is 0.145 e. The molecule has 0 saturated heterocycles. The van der Waals surface area contributed by atoms with Gasteiger partial charge in [0.05, 0.1) is 38.8 Å². The van der Waals surface area contributed by atoms with E-state index in [-0.39, 0.29) is 0 Å². The molecule has 0 radical (unpaired) electrons. The molecule has 0 aliphatic rings. The highest BCUT2D eigenvalue weighted by atomic mass is 15.1. The highest BCUT2D eigenvalue weighted by Crippen LogP contribution is 2.34. The number of para-hydroxylation sites is 6. The second kappa shape index (κ2) is 9.79. The molecule has 0 N–H and O–H groups in total. The molecule has 44 heavy (non-hydrogen) atoms. The first kappa shape index (κ1) is 24.6. The number of hydrogen-bond acceptors (Lipinski definition) is 2. The smallest absolute Gasteiger partial charge is 0.145 e. The van der Waals surface area contributed by atoms with E-state index in [4.69, 9.17) is 9.97 Å². The van der Waals surface area contributed by atoms with E-state index in [1.54, 1.807) is 0 Å². The van der Waals surface area contributed by atoms with Crippen molar-refractivity contribution in [3.05, 3.63) is 158 Å². The van der Waals surface area contributed by atoms with Crippen LogP contribution in [-0.4, -0.2) is 18.9 Å². The summed E-state index contributed by atoms with van der Waals surface area (Å²) in [5.41, 5.74) is 13.1. The molecule has 4 heteroatoms. The molecule has 6 aromatic carbocycles. The molecule has 9 aromatic rings. The third-order valence-electron chi connectivity index (χ3n) is 8.52. The van der Waals surface area contributed by atoms with Gasteiger partial charge < -0.3 is 4.40 Å². The van der Waals surface area contributed by atoms with Crippen molar-refractivity contribution < 1.29 is 0 Å². The quantitative estimate of drug-likeness (QED) is 0.214. The van der Waals surface area contributed by atoms with Crippen LogP contribution in [-0.2, 0) is 0 Å². The summed E-state index contributed by atoms with van der Waals surface area (Å²) in [7, 11) is 0. The second-order valence-corrected chi connectivity index (χ2v) is 11.1. The van der Waals surface area contributed by atoms with E-state index in [2.05, 4.69) is 155 Å². The molecule has 0 unspecified atom stereocenters. The van der Waals surface area contributed by atoms with Gasteiger partial charge in [-0.15, -0.1) is 0 Å². The predicted octanol–water partition coefficient (Wildman–Crippen LogP) is 9.98. The summed E-state index contributed by atoms with van der Waals surface area (Å²) >= 11 is 0. The van der Waals surface area contributed by atoms with Gasteiger partial charge in [-0.1, -0.05) is 109 Å². The maximum atomic E-state index is 5.14. The fourth-order valence-electron chi connectivity index (χ4n) is 6.42. The average Bonchev–Trinajstić information content (AvgIpc) is 3.68. The molecule has 0 saturated carbocycles. The Balaban J connectivity index is 1.11. The number of aromatic nitrogens is 4. The van der Waals surface area contributed by atoms with E-state index in [0.717, 1.165) is 67.0 Å². The second-order valence-electron chi connectivity index (χ2n) is 11.1. The summed E-state index contributed by atoms with van der Waals surface area (Å²) in [4.78, 5) is 10.2. The molecular weight excluding hydrogens is 536 g/mol.